The van der Waals surface area contributed by atoms with E-state index in [9.17, 15) is 9.18 Å². The molecule has 2 aromatic rings. The van der Waals surface area contributed by atoms with Gasteiger partial charge >= 0.3 is 5.97 Å². The van der Waals surface area contributed by atoms with Crippen LogP contribution in [0.25, 0.3) is 0 Å². The zero-order chi connectivity index (χ0) is 22.0. The molecule has 0 radical (unpaired) electrons. The molecule has 2 aliphatic rings. The molecule has 0 unspecified atom stereocenters. The average Bonchev–Trinajstić information content (AvgIpc) is 3.32. The summed E-state index contributed by atoms with van der Waals surface area (Å²) < 4.78 is 25.0. The average molecular weight is 432 g/mol. The highest BCUT2D eigenvalue weighted by Crippen LogP contribution is 2.49. The van der Waals surface area contributed by atoms with E-state index in [1.54, 1.807) is 6.07 Å². The first-order valence-electron chi connectivity index (χ1n) is 11.1. The summed E-state index contributed by atoms with van der Waals surface area (Å²) in [6, 6.07) is 4.41. The van der Waals surface area contributed by atoms with Crippen molar-refractivity contribution in [1.82, 2.24) is 10.1 Å². The van der Waals surface area contributed by atoms with Crippen LogP contribution in [-0.4, -0.2) is 40.9 Å². The standard InChI is InChI=1S/C23H30FN3O4/c1-14(2)22-25-23(26-31-22)27-8-5-15(6-9-27)19-11-16(19)7-10-30-18-4-3-17(12-21(28)29)20(24)13-18/h3-4,13-16,19H,5-12H2,1-2H3,(H,28,29)/t16-,19-/m1/s1. The van der Waals surface area contributed by atoms with Crippen molar-refractivity contribution in [1.29, 1.82) is 0 Å². The lowest BCUT2D eigenvalue weighted by atomic mass is 9.90. The molecule has 0 amide bonds. The lowest BCUT2D eigenvalue weighted by molar-refractivity contribution is -0.136. The van der Waals surface area contributed by atoms with Gasteiger partial charge in [-0.3, -0.25) is 4.79 Å². The second-order valence-electron chi connectivity index (χ2n) is 9.03. The van der Waals surface area contributed by atoms with Crippen molar-refractivity contribution in [3.8, 4) is 5.75 Å². The van der Waals surface area contributed by atoms with E-state index in [0.717, 1.165) is 44.2 Å². The van der Waals surface area contributed by atoms with Crippen LogP contribution in [0.2, 0.25) is 0 Å². The van der Waals surface area contributed by atoms with Crippen molar-refractivity contribution in [2.45, 2.75) is 51.9 Å². The molecule has 1 aliphatic carbocycles. The van der Waals surface area contributed by atoms with E-state index in [4.69, 9.17) is 14.4 Å². The first-order valence-corrected chi connectivity index (χ1v) is 11.1. The number of hydrogen-bond acceptors (Lipinski definition) is 6. The molecule has 1 saturated carbocycles. The predicted molar refractivity (Wildman–Crippen MR) is 113 cm³/mol. The van der Waals surface area contributed by atoms with Crippen molar-refractivity contribution in [2.24, 2.45) is 17.8 Å². The van der Waals surface area contributed by atoms with E-state index >= 15 is 0 Å². The number of halogens is 1. The van der Waals surface area contributed by atoms with Gasteiger partial charge in [0, 0.05) is 25.1 Å². The number of ether oxygens (including phenoxy) is 1. The normalized spacial score (nSPS) is 21.5. The molecule has 1 aromatic carbocycles. The first-order chi connectivity index (χ1) is 14.9. The minimum Gasteiger partial charge on any atom is -0.493 e. The number of piperidine rings is 1. The fourth-order valence-corrected chi connectivity index (χ4v) is 4.55. The largest absolute Gasteiger partial charge is 0.493 e. The molecule has 1 aliphatic heterocycles. The second kappa shape index (κ2) is 9.24. The Bertz CT molecular complexity index is 908. The summed E-state index contributed by atoms with van der Waals surface area (Å²) in [7, 11) is 0. The van der Waals surface area contributed by atoms with E-state index in [0.29, 0.717) is 30.1 Å². The Morgan fingerprint density at radius 3 is 2.77 bits per heavy atom. The van der Waals surface area contributed by atoms with Crippen LogP contribution in [0.15, 0.2) is 22.7 Å². The summed E-state index contributed by atoms with van der Waals surface area (Å²) in [4.78, 5) is 17.4. The third-order valence-electron chi connectivity index (χ3n) is 6.45. The SMILES string of the molecule is CC(C)c1nc(N2CCC([C@H]3C[C@H]3CCOc3ccc(CC(=O)O)c(F)c3)CC2)no1. The highest BCUT2D eigenvalue weighted by atomic mass is 19.1. The Morgan fingerprint density at radius 1 is 1.35 bits per heavy atom. The molecular weight excluding hydrogens is 401 g/mol. The lowest BCUT2D eigenvalue weighted by Crippen LogP contribution is -2.35. The van der Waals surface area contributed by atoms with Crippen molar-refractivity contribution >= 4 is 11.9 Å². The molecule has 4 rings (SSSR count). The van der Waals surface area contributed by atoms with Crippen molar-refractivity contribution < 1.29 is 23.6 Å². The fourth-order valence-electron chi connectivity index (χ4n) is 4.55. The Labute approximate surface area is 181 Å². The van der Waals surface area contributed by atoms with Gasteiger partial charge < -0.3 is 19.3 Å². The molecule has 1 aromatic heterocycles. The molecule has 2 atom stereocenters. The van der Waals surface area contributed by atoms with Gasteiger partial charge in [0.15, 0.2) is 0 Å². The van der Waals surface area contributed by atoms with Gasteiger partial charge in [-0.25, -0.2) is 4.39 Å². The molecular formula is C23H30FN3O4. The molecule has 0 bridgehead atoms. The number of aromatic nitrogens is 2. The van der Waals surface area contributed by atoms with Crippen LogP contribution in [0.4, 0.5) is 10.3 Å². The number of rotatable bonds is 9. The van der Waals surface area contributed by atoms with Crippen LogP contribution in [0.1, 0.15) is 56.9 Å². The summed E-state index contributed by atoms with van der Waals surface area (Å²) in [6.45, 7) is 6.57. The van der Waals surface area contributed by atoms with Crippen LogP contribution in [0.3, 0.4) is 0 Å². The number of anilines is 1. The Hall–Kier alpha value is -2.64. The highest BCUT2D eigenvalue weighted by Gasteiger charge is 2.43. The van der Waals surface area contributed by atoms with Gasteiger partial charge in [0.25, 0.3) is 5.95 Å². The number of hydrogen-bond donors (Lipinski definition) is 1. The van der Waals surface area contributed by atoms with Crippen LogP contribution in [0.5, 0.6) is 5.75 Å². The molecule has 1 N–H and O–H groups in total. The van der Waals surface area contributed by atoms with Gasteiger partial charge in [0.05, 0.1) is 13.0 Å². The number of benzene rings is 1. The quantitative estimate of drug-likeness (QED) is 0.634. The van der Waals surface area contributed by atoms with Crippen molar-refractivity contribution in [2.75, 3.05) is 24.6 Å². The topological polar surface area (TPSA) is 88.7 Å². The van der Waals surface area contributed by atoms with Gasteiger partial charge in [0.2, 0.25) is 5.89 Å². The summed E-state index contributed by atoms with van der Waals surface area (Å²) in [5, 5.41) is 12.9. The predicted octanol–water partition coefficient (Wildman–Crippen LogP) is 4.28. The minimum atomic E-state index is -1.05. The first kappa shape index (κ1) is 21.6. The maximum Gasteiger partial charge on any atom is 0.307 e. The number of aliphatic carboxylic acids is 1. The van der Waals surface area contributed by atoms with Gasteiger partial charge in [-0.1, -0.05) is 19.9 Å². The Morgan fingerprint density at radius 2 is 2.13 bits per heavy atom. The maximum absolute atomic E-state index is 13.9. The smallest absolute Gasteiger partial charge is 0.307 e. The van der Waals surface area contributed by atoms with E-state index < -0.39 is 11.8 Å². The summed E-state index contributed by atoms with van der Waals surface area (Å²) in [5.41, 5.74) is 0.176. The van der Waals surface area contributed by atoms with Gasteiger partial charge in [-0.2, -0.15) is 4.98 Å². The van der Waals surface area contributed by atoms with Gasteiger partial charge in [-0.05, 0) is 60.2 Å². The van der Waals surface area contributed by atoms with Crippen LogP contribution >= 0.6 is 0 Å². The number of carboxylic acids is 1. The van der Waals surface area contributed by atoms with E-state index in [1.807, 2.05) is 13.8 Å². The number of carboxylic acid groups (broad SMARTS) is 1. The Balaban J connectivity index is 1.17. The second-order valence-corrected chi connectivity index (χ2v) is 9.03. The molecule has 0 spiro atoms. The molecule has 2 fully saturated rings. The molecule has 7 nitrogen and oxygen atoms in total. The van der Waals surface area contributed by atoms with E-state index in [-0.39, 0.29) is 17.9 Å². The summed E-state index contributed by atoms with van der Waals surface area (Å²) >= 11 is 0. The van der Waals surface area contributed by atoms with Gasteiger partial charge in [-0.15, -0.1) is 0 Å². The molecule has 8 heteroatoms. The third kappa shape index (κ3) is 5.35. The molecule has 1 saturated heterocycles. The Kier molecular flexibility index (Phi) is 6.43. The monoisotopic (exact) mass is 431 g/mol. The van der Waals surface area contributed by atoms with E-state index in [2.05, 4.69) is 15.0 Å². The van der Waals surface area contributed by atoms with Crippen molar-refractivity contribution in [3.05, 3.63) is 35.5 Å². The maximum atomic E-state index is 13.9. The highest BCUT2D eigenvalue weighted by molar-refractivity contribution is 5.70. The van der Waals surface area contributed by atoms with E-state index in [1.165, 1.54) is 18.6 Å². The number of nitrogens with zero attached hydrogens (tertiary/aromatic N) is 3. The third-order valence-corrected chi connectivity index (χ3v) is 6.45. The molecule has 2 heterocycles. The fraction of sp³-hybridized carbons (Fsp3) is 0.609. The lowest BCUT2D eigenvalue weighted by Gasteiger charge is -2.31. The zero-order valence-electron chi connectivity index (χ0n) is 18.1. The molecule has 31 heavy (non-hydrogen) atoms. The van der Waals surface area contributed by atoms with Crippen LogP contribution < -0.4 is 9.64 Å². The summed E-state index contributed by atoms with van der Waals surface area (Å²) in [6.07, 6.45) is 4.17. The van der Waals surface area contributed by atoms with Crippen molar-refractivity contribution in [3.63, 3.8) is 0 Å². The van der Waals surface area contributed by atoms with Gasteiger partial charge in [0.1, 0.15) is 11.6 Å². The minimum absolute atomic E-state index is 0.176. The van der Waals surface area contributed by atoms with Crippen LogP contribution in [0, 0.1) is 23.6 Å². The zero-order valence-corrected chi connectivity index (χ0v) is 18.1. The number of carbonyl (C=O) groups is 1. The van der Waals surface area contributed by atoms with Crippen LogP contribution in [-0.2, 0) is 11.2 Å². The molecule has 168 valence electrons. The summed E-state index contributed by atoms with van der Waals surface area (Å²) in [5.74, 6) is 2.67.